The van der Waals surface area contributed by atoms with E-state index in [-0.39, 0.29) is 61.7 Å². The minimum Gasteiger partial charge on any atom is -0.455 e. The normalized spacial score (nSPS) is 28.2. The van der Waals surface area contributed by atoms with Crippen molar-refractivity contribution in [2.24, 2.45) is 11.8 Å². The standard InChI is InChI=1S/C37H51BrN4O9/c1-4-6-13-28(44)39-27(24-48-3)31(25-11-8-7-9-12-25)50-36(47)29-30-34(45)42(15-10-20-43)33(37(30)23-26(38)32(29)51-37)35(46)41(14-5-2)17-16-40-18-21-49-22-19-40/h4-5,7-9,11-12,26-27,29-33,43H,1-2,6,10,13-24H2,3H3,(H,39,44)/t26?,27-,29-,30+,31-,32-,33-,37+/m1/s1. The summed E-state index contributed by atoms with van der Waals surface area (Å²) in [6.45, 7) is 11.7. The van der Waals surface area contributed by atoms with E-state index in [4.69, 9.17) is 18.9 Å². The average molecular weight is 776 g/mol. The number of alkyl halides is 1. The third-order valence-corrected chi connectivity index (χ3v) is 11.2. The molecular formula is C37H51BrN4O9. The molecule has 1 spiro atoms. The number of hydrogen-bond acceptors (Lipinski definition) is 10. The fourth-order valence-electron chi connectivity index (χ4n) is 7.99. The lowest BCUT2D eigenvalue weighted by Gasteiger charge is -2.38. The first kappa shape index (κ1) is 39.1. The van der Waals surface area contributed by atoms with Gasteiger partial charge in [-0.1, -0.05) is 58.4 Å². The van der Waals surface area contributed by atoms with Crippen molar-refractivity contribution >= 4 is 39.6 Å². The van der Waals surface area contributed by atoms with Gasteiger partial charge >= 0.3 is 5.97 Å². The predicted molar refractivity (Wildman–Crippen MR) is 192 cm³/mol. The summed E-state index contributed by atoms with van der Waals surface area (Å²) in [5, 5.41) is 12.7. The summed E-state index contributed by atoms with van der Waals surface area (Å²) in [5.41, 5.74) is -0.653. The SMILES string of the molecule is C=CCCC(=O)N[C@H](COC)[C@H](OC(=O)[C@H]1[C@@H]2O[C@@]3(CC2Br)[C@@H]1C(=O)N(CCCO)[C@@H]3C(=O)N(CC=C)CCN1CCOCC1)c1ccccc1. The number of carbonyl (C=O) groups excluding carboxylic acids is 4. The second-order valence-electron chi connectivity index (χ2n) is 13.5. The van der Waals surface area contributed by atoms with Gasteiger partial charge < -0.3 is 39.2 Å². The van der Waals surface area contributed by atoms with Gasteiger partial charge in [0.15, 0.2) is 0 Å². The van der Waals surface area contributed by atoms with E-state index in [2.05, 4.69) is 39.3 Å². The molecule has 3 amide bonds. The summed E-state index contributed by atoms with van der Waals surface area (Å²) in [5.74, 6) is -3.58. The quantitative estimate of drug-likeness (QED) is 0.121. The summed E-state index contributed by atoms with van der Waals surface area (Å²) in [4.78, 5) is 61.6. The number of nitrogens with zero attached hydrogens (tertiary/aromatic N) is 3. The van der Waals surface area contributed by atoms with Crippen molar-refractivity contribution in [3.8, 4) is 0 Å². The third-order valence-electron chi connectivity index (χ3n) is 10.3. The highest BCUT2D eigenvalue weighted by Crippen LogP contribution is 2.60. The van der Waals surface area contributed by atoms with Crippen molar-refractivity contribution in [2.45, 2.75) is 60.4 Å². The number of aliphatic hydroxyl groups excluding tert-OH is 1. The Balaban J connectivity index is 1.45. The number of nitrogens with one attached hydrogen (secondary N) is 1. The Bertz CT molecular complexity index is 1400. The number of rotatable bonds is 19. The van der Waals surface area contributed by atoms with E-state index in [1.165, 1.54) is 12.0 Å². The first-order valence-electron chi connectivity index (χ1n) is 17.8. The average Bonchev–Trinajstić information content (AvgIpc) is 3.73. The number of morpholine rings is 1. The summed E-state index contributed by atoms with van der Waals surface area (Å²) >= 11 is 3.73. The van der Waals surface area contributed by atoms with Gasteiger partial charge in [-0.3, -0.25) is 24.1 Å². The molecule has 4 aliphatic heterocycles. The van der Waals surface area contributed by atoms with Crippen LogP contribution in [0, 0.1) is 11.8 Å². The maximum absolute atomic E-state index is 14.6. The maximum atomic E-state index is 14.6. The summed E-state index contributed by atoms with van der Waals surface area (Å²) < 4.78 is 23.9. The van der Waals surface area contributed by atoms with Crippen LogP contribution in [0.2, 0.25) is 0 Å². The number of esters is 1. The van der Waals surface area contributed by atoms with Crippen LogP contribution in [0.3, 0.4) is 0 Å². The van der Waals surface area contributed by atoms with Crippen LogP contribution in [0.15, 0.2) is 55.6 Å². The molecule has 1 aromatic carbocycles. The Hall–Kier alpha value is -3.14. The predicted octanol–water partition coefficient (Wildman–Crippen LogP) is 1.85. The van der Waals surface area contributed by atoms with Crippen LogP contribution in [0.1, 0.15) is 37.4 Å². The third kappa shape index (κ3) is 8.42. The molecule has 4 saturated heterocycles. The van der Waals surface area contributed by atoms with Crippen LogP contribution in [-0.2, 0) is 38.1 Å². The molecule has 8 atom stereocenters. The van der Waals surface area contributed by atoms with Crippen molar-refractivity contribution in [3.05, 3.63) is 61.2 Å². The van der Waals surface area contributed by atoms with E-state index in [9.17, 15) is 24.3 Å². The summed E-state index contributed by atoms with van der Waals surface area (Å²) in [6.07, 6.45) is 2.91. The maximum Gasteiger partial charge on any atom is 0.313 e. The number of methoxy groups -OCH3 is 1. The monoisotopic (exact) mass is 774 g/mol. The van der Waals surface area contributed by atoms with E-state index in [1.807, 2.05) is 18.2 Å². The lowest BCUT2D eigenvalue weighted by molar-refractivity contribution is -0.163. The van der Waals surface area contributed by atoms with E-state index in [1.54, 1.807) is 29.2 Å². The highest BCUT2D eigenvalue weighted by atomic mass is 79.9. The van der Waals surface area contributed by atoms with Gasteiger partial charge in [-0.15, -0.1) is 13.2 Å². The zero-order valence-electron chi connectivity index (χ0n) is 29.3. The molecule has 2 N–H and O–H groups in total. The second kappa shape index (κ2) is 18.1. The lowest BCUT2D eigenvalue weighted by atomic mass is 9.70. The number of aliphatic hydroxyl groups is 1. The fraction of sp³-hybridized carbons (Fsp3) is 0.622. The zero-order chi connectivity index (χ0) is 36.5. The number of halogens is 1. The highest BCUT2D eigenvalue weighted by Gasteiger charge is 2.77. The molecule has 1 aromatic rings. The van der Waals surface area contributed by atoms with Crippen LogP contribution in [0.25, 0.3) is 0 Å². The molecule has 0 radical (unpaired) electrons. The Kier molecular flexibility index (Phi) is 13.8. The smallest absolute Gasteiger partial charge is 0.313 e. The van der Waals surface area contributed by atoms with E-state index < -0.39 is 47.7 Å². The molecule has 280 valence electrons. The largest absolute Gasteiger partial charge is 0.455 e. The summed E-state index contributed by atoms with van der Waals surface area (Å²) in [7, 11) is 1.50. The molecule has 0 aromatic heterocycles. The summed E-state index contributed by atoms with van der Waals surface area (Å²) in [6, 6.07) is 7.33. The topological polar surface area (TPSA) is 147 Å². The highest BCUT2D eigenvalue weighted by molar-refractivity contribution is 9.09. The van der Waals surface area contributed by atoms with Gasteiger partial charge in [0.1, 0.15) is 17.7 Å². The molecule has 5 rings (SSSR count). The number of amides is 3. The number of fused-ring (bicyclic) bond motifs is 1. The van der Waals surface area contributed by atoms with Crippen molar-refractivity contribution in [2.75, 3.05) is 72.8 Å². The Morgan fingerprint density at radius 1 is 1.18 bits per heavy atom. The van der Waals surface area contributed by atoms with E-state index >= 15 is 0 Å². The second-order valence-corrected chi connectivity index (χ2v) is 14.7. The molecule has 0 saturated carbocycles. The van der Waals surface area contributed by atoms with Crippen LogP contribution in [0.4, 0.5) is 0 Å². The number of ether oxygens (including phenoxy) is 4. The lowest BCUT2D eigenvalue weighted by Crippen LogP contribution is -2.57. The molecule has 4 fully saturated rings. The number of benzene rings is 1. The first-order valence-corrected chi connectivity index (χ1v) is 18.7. The van der Waals surface area contributed by atoms with Crippen LogP contribution in [-0.4, -0.2) is 145 Å². The first-order chi connectivity index (χ1) is 24.7. The van der Waals surface area contributed by atoms with Crippen molar-refractivity contribution < 1.29 is 43.2 Å². The van der Waals surface area contributed by atoms with Gasteiger partial charge in [-0.05, 0) is 24.8 Å². The van der Waals surface area contributed by atoms with Crippen LogP contribution in [0.5, 0.6) is 0 Å². The fourth-order valence-corrected chi connectivity index (χ4v) is 8.93. The van der Waals surface area contributed by atoms with Gasteiger partial charge in [0.05, 0.1) is 43.8 Å². The van der Waals surface area contributed by atoms with Gasteiger partial charge in [0, 0.05) is 64.2 Å². The molecule has 4 heterocycles. The molecule has 0 aliphatic carbocycles. The molecule has 2 bridgehead atoms. The molecule has 51 heavy (non-hydrogen) atoms. The van der Waals surface area contributed by atoms with Crippen molar-refractivity contribution in [1.29, 1.82) is 0 Å². The molecule has 14 heteroatoms. The number of likely N-dealkylation sites (tertiary alicyclic amines) is 1. The molecule has 13 nitrogen and oxygen atoms in total. The van der Waals surface area contributed by atoms with E-state index in [0.717, 1.165) is 13.1 Å². The Morgan fingerprint density at radius 3 is 2.59 bits per heavy atom. The number of hydrogen-bond donors (Lipinski definition) is 2. The number of carbonyl (C=O) groups is 4. The Labute approximate surface area is 308 Å². The zero-order valence-corrected chi connectivity index (χ0v) is 30.9. The van der Waals surface area contributed by atoms with Crippen LogP contribution < -0.4 is 5.32 Å². The molecule has 4 aliphatic rings. The van der Waals surface area contributed by atoms with Crippen LogP contribution >= 0.6 is 15.9 Å². The van der Waals surface area contributed by atoms with Gasteiger partial charge in [-0.2, -0.15) is 0 Å². The van der Waals surface area contributed by atoms with Gasteiger partial charge in [0.2, 0.25) is 17.7 Å². The molecule has 1 unspecified atom stereocenters. The molecular weight excluding hydrogens is 724 g/mol. The van der Waals surface area contributed by atoms with Crippen molar-refractivity contribution in [3.63, 3.8) is 0 Å². The number of allylic oxidation sites excluding steroid dienone is 1. The Morgan fingerprint density at radius 2 is 1.92 bits per heavy atom. The van der Waals surface area contributed by atoms with Gasteiger partial charge in [-0.25, -0.2) is 0 Å². The van der Waals surface area contributed by atoms with Gasteiger partial charge in [0.25, 0.3) is 0 Å². The minimum absolute atomic E-state index is 0.0553. The minimum atomic E-state index is -1.29. The van der Waals surface area contributed by atoms with E-state index in [0.29, 0.717) is 44.7 Å². The van der Waals surface area contributed by atoms with Crippen molar-refractivity contribution in [1.82, 2.24) is 20.0 Å².